The molecule has 3 rings (SSSR count). The number of rotatable bonds is 6. The summed E-state index contributed by atoms with van der Waals surface area (Å²) >= 11 is 0. The van der Waals surface area contributed by atoms with E-state index in [0.717, 1.165) is 25.8 Å². The summed E-state index contributed by atoms with van der Waals surface area (Å²) in [5.74, 6) is 1.03. The second-order valence-corrected chi connectivity index (χ2v) is 6.11. The molecule has 1 aliphatic heterocycles. The number of aryl methyl sites for hydroxylation is 1. The molecule has 0 aliphatic carbocycles. The van der Waals surface area contributed by atoms with Crippen LogP contribution < -0.4 is 9.47 Å². The highest BCUT2D eigenvalue weighted by atomic mass is 16.5. The molecule has 2 heterocycles. The Labute approximate surface area is 147 Å². The summed E-state index contributed by atoms with van der Waals surface area (Å²) in [5.41, 5.74) is 1.19. The normalized spacial score (nSPS) is 17.2. The number of likely N-dealkylation sites (tertiary alicyclic amines) is 1. The van der Waals surface area contributed by atoms with Crippen LogP contribution in [0, 0.1) is 0 Å². The molecule has 1 saturated heterocycles. The molecule has 0 radical (unpaired) electrons. The van der Waals surface area contributed by atoms with Gasteiger partial charge in [0.15, 0.2) is 0 Å². The van der Waals surface area contributed by atoms with Crippen LogP contribution in [0.25, 0.3) is 0 Å². The standard InChI is InChI=1S/C19H23N3O3/c1-24-17-12-20-13-18(21-17)25-16-8-5-11-22(14-16)19(23)10-9-15-6-3-2-4-7-15/h2-4,6-7,12-13,16H,5,8-11,14H2,1H3/t16-/m1/s1. The molecule has 1 fully saturated rings. The molecule has 0 spiro atoms. The van der Waals surface area contributed by atoms with E-state index < -0.39 is 0 Å². The molecular weight excluding hydrogens is 318 g/mol. The summed E-state index contributed by atoms with van der Waals surface area (Å²) < 4.78 is 11.0. The van der Waals surface area contributed by atoms with Gasteiger partial charge in [-0.3, -0.25) is 9.78 Å². The van der Waals surface area contributed by atoms with Gasteiger partial charge < -0.3 is 14.4 Å². The van der Waals surface area contributed by atoms with Crippen molar-refractivity contribution in [1.29, 1.82) is 0 Å². The first kappa shape index (κ1) is 17.2. The van der Waals surface area contributed by atoms with E-state index in [1.807, 2.05) is 23.1 Å². The topological polar surface area (TPSA) is 64.6 Å². The van der Waals surface area contributed by atoms with E-state index in [0.29, 0.717) is 24.7 Å². The Morgan fingerprint density at radius 3 is 2.84 bits per heavy atom. The Kier molecular flexibility index (Phi) is 5.82. The van der Waals surface area contributed by atoms with Crippen LogP contribution in [0.5, 0.6) is 11.8 Å². The van der Waals surface area contributed by atoms with E-state index in [1.165, 1.54) is 11.8 Å². The SMILES string of the molecule is COc1cncc(O[C@@H]2CCCN(C(=O)CCc3ccccc3)C2)n1. The van der Waals surface area contributed by atoms with Crippen LogP contribution in [0.1, 0.15) is 24.8 Å². The van der Waals surface area contributed by atoms with Crippen molar-refractivity contribution in [3.05, 3.63) is 48.3 Å². The predicted molar refractivity (Wildman–Crippen MR) is 93.6 cm³/mol. The minimum absolute atomic E-state index is 0.0594. The van der Waals surface area contributed by atoms with Crippen molar-refractivity contribution < 1.29 is 14.3 Å². The first-order valence-electron chi connectivity index (χ1n) is 8.59. The van der Waals surface area contributed by atoms with Crippen LogP contribution in [-0.4, -0.2) is 47.1 Å². The number of carbonyl (C=O) groups is 1. The molecule has 0 unspecified atom stereocenters. The van der Waals surface area contributed by atoms with Gasteiger partial charge in [0, 0.05) is 13.0 Å². The average Bonchev–Trinajstić information content (AvgIpc) is 2.67. The van der Waals surface area contributed by atoms with Gasteiger partial charge in [0.25, 0.3) is 0 Å². The fourth-order valence-corrected chi connectivity index (χ4v) is 2.97. The number of amides is 1. The third-order valence-electron chi connectivity index (χ3n) is 4.29. The fourth-order valence-electron chi connectivity index (χ4n) is 2.97. The Hall–Kier alpha value is -2.63. The second-order valence-electron chi connectivity index (χ2n) is 6.11. The summed E-state index contributed by atoms with van der Waals surface area (Å²) in [6, 6.07) is 10.1. The van der Waals surface area contributed by atoms with Crippen molar-refractivity contribution in [2.45, 2.75) is 31.8 Å². The summed E-state index contributed by atoms with van der Waals surface area (Å²) in [6.07, 6.45) is 6.17. The molecular formula is C19H23N3O3. The molecule has 0 saturated carbocycles. The van der Waals surface area contributed by atoms with Crippen LogP contribution in [0.2, 0.25) is 0 Å². The van der Waals surface area contributed by atoms with Crippen molar-refractivity contribution in [3.8, 4) is 11.8 Å². The highest BCUT2D eigenvalue weighted by molar-refractivity contribution is 5.76. The molecule has 25 heavy (non-hydrogen) atoms. The lowest BCUT2D eigenvalue weighted by Crippen LogP contribution is -2.44. The van der Waals surface area contributed by atoms with Crippen LogP contribution in [-0.2, 0) is 11.2 Å². The number of benzene rings is 1. The molecule has 1 amide bonds. The third-order valence-corrected chi connectivity index (χ3v) is 4.29. The van der Waals surface area contributed by atoms with Gasteiger partial charge >= 0.3 is 0 Å². The van der Waals surface area contributed by atoms with E-state index in [4.69, 9.17) is 9.47 Å². The Morgan fingerprint density at radius 2 is 2.04 bits per heavy atom. The Balaban J connectivity index is 1.52. The smallest absolute Gasteiger partial charge is 0.235 e. The molecule has 1 aliphatic rings. The zero-order valence-corrected chi connectivity index (χ0v) is 14.4. The summed E-state index contributed by atoms with van der Waals surface area (Å²) in [5, 5.41) is 0. The molecule has 0 N–H and O–H groups in total. The molecule has 1 aromatic carbocycles. The lowest BCUT2D eigenvalue weighted by Gasteiger charge is -2.32. The molecule has 0 bridgehead atoms. The number of ether oxygens (including phenoxy) is 2. The molecule has 6 heteroatoms. The van der Waals surface area contributed by atoms with Crippen molar-refractivity contribution in [2.24, 2.45) is 0 Å². The van der Waals surface area contributed by atoms with Crippen molar-refractivity contribution in [2.75, 3.05) is 20.2 Å². The van der Waals surface area contributed by atoms with E-state index in [9.17, 15) is 4.79 Å². The number of aromatic nitrogens is 2. The van der Waals surface area contributed by atoms with E-state index in [2.05, 4.69) is 22.1 Å². The summed E-state index contributed by atoms with van der Waals surface area (Å²) in [6.45, 7) is 1.38. The first-order valence-corrected chi connectivity index (χ1v) is 8.59. The summed E-state index contributed by atoms with van der Waals surface area (Å²) in [7, 11) is 1.54. The average molecular weight is 341 g/mol. The maximum atomic E-state index is 12.5. The minimum Gasteiger partial charge on any atom is -0.480 e. The van der Waals surface area contributed by atoms with Crippen molar-refractivity contribution in [3.63, 3.8) is 0 Å². The lowest BCUT2D eigenvalue weighted by atomic mass is 10.1. The van der Waals surface area contributed by atoms with Crippen LogP contribution in [0.3, 0.4) is 0 Å². The fraction of sp³-hybridized carbons (Fsp3) is 0.421. The number of hydrogen-bond acceptors (Lipinski definition) is 5. The maximum absolute atomic E-state index is 12.5. The zero-order valence-electron chi connectivity index (χ0n) is 14.4. The quantitative estimate of drug-likeness (QED) is 0.808. The minimum atomic E-state index is -0.0594. The van der Waals surface area contributed by atoms with Crippen LogP contribution in [0.15, 0.2) is 42.7 Å². The number of methoxy groups -OCH3 is 1. The molecule has 2 aromatic rings. The van der Waals surface area contributed by atoms with Crippen LogP contribution in [0.4, 0.5) is 0 Å². The molecule has 1 atom stereocenters. The van der Waals surface area contributed by atoms with Gasteiger partial charge in [0.05, 0.1) is 26.0 Å². The van der Waals surface area contributed by atoms with Gasteiger partial charge in [-0.05, 0) is 24.8 Å². The number of nitrogens with zero attached hydrogens (tertiary/aromatic N) is 3. The third kappa shape index (κ3) is 4.92. The van der Waals surface area contributed by atoms with Gasteiger partial charge in [0.1, 0.15) is 6.10 Å². The summed E-state index contributed by atoms with van der Waals surface area (Å²) in [4.78, 5) is 22.7. The van der Waals surface area contributed by atoms with Crippen molar-refractivity contribution >= 4 is 5.91 Å². The predicted octanol–water partition coefficient (Wildman–Crippen LogP) is 2.49. The molecule has 1 aromatic heterocycles. The van der Waals surface area contributed by atoms with Crippen molar-refractivity contribution in [1.82, 2.24) is 14.9 Å². The van der Waals surface area contributed by atoms with Crippen LogP contribution >= 0.6 is 0 Å². The first-order chi connectivity index (χ1) is 12.2. The molecule has 6 nitrogen and oxygen atoms in total. The Morgan fingerprint density at radius 1 is 1.24 bits per heavy atom. The number of hydrogen-bond donors (Lipinski definition) is 0. The van der Waals surface area contributed by atoms with E-state index in [-0.39, 0.29) is 12.0 Å². The number of piperidine rings is 1. The van der Waals surface area contributed by atoms with Gasteiger partial charge in [-0.2, -0.15) is 4.98 Å². The molecule has 132 valence electrons. The van der Waals surface area contributed by atoms with Gasteiger partial charge in [-0.1, -0.05) is 30.3 Å². The Bertz CT molecular complexity index is 693. The van der Waals surface area contributed by atoms with Gasteiger partial charge in [0.2, 0.25) is 17.7 Å². The highest BCUT2D eigenvalue weighted by Gasteiger charge is 2.25. The maximum Gasteiger partial charge on any atom is 0.235 e. The van der Waals surface area contributed by atoms with Gasteiger partial charge in [-0.25, -0.2) is 0 Å². The second kappa shape index (κ2) is 8.46. The van der Waals surface area contributed by atoms with E-state index in [1.54, 1.807) is 13.3 Å². The number of carbonyl (C=O) groups excluding carboxylic acids is 1. The van der Waals surface area contributed by atoms with E-state index >= 15 is 0 Å². The monoisotopic (exact) mass is 341 g/mol. The highest BCUT2D eigenvalue weighted by Crippen LogP contribution is 2.19. The largest absolute Gasteiger partial charge is 0.480 e. The lowest BCUT2D eigenvalue weighted by molar-refractivity contribution is -0.133. The van der Waals surface area contributed by atoms with Gasteiger partial charge in [-0.15, -0.1) is 0 Å². The zero-order chi connectivity index (χ0) is 17.5.